The summed E-state index contributed by atoms with van der Waals surface area (Å²) in [4.78, 5) is 0. The Kier molecular flexibility index (Phi) is 11.1. The Morgan fingerprint density at radius 2 is 0.833 bits per heavy atom. The largest absolute Gasteiger partial charge is 0.494 e. The van der Waals surface area contributed by atoms with Crippen LogP contribution in [0.5, 0.6) is 11.5 Å². The van der Waals surface area contributed by atoms with Crippen LogP contribution in [0.25, 0.3) is 11.1 Å². The summed E-state index contributed by atoms with van der Waals surface area (Å²) in [5.41, 5.74) is 2.45. The third-order valence-corrected chi connectivity index (χ3v) is 9.18. The van der Waals surface area contributed by atoms with Crippen LogP contribution in [0.2, 0.25) is 0 Å². The molecule has 2 aromatic carbocycles. The Hall–Kier alpha value is -1.96. The molecule has 2 fully saturated rings. The predicted octanol–water partition coefficient (Wildman–Crippen LogP) is 10.1. The number of hydrogen-bond donors (Lipinski definition) is 0. The molecule has 2 saturated carbocycles. The highest BCUT2D eigenvalue weighted by atomic mass is 16.5. The lowest BCUT2D eigenvalue weighted by Gasteiger charge is -2.27. The van der Waals surface area contributed by atoms with E-state index in [1.807, 2.05) is 0 Å². The maximum Gasteiger partial charge on any atom is 0.119 e. The summed E-state index contributed by atoms with van der Waals surface area (Å²) in [6.45, 7) is 6.35. The van der Waals surface area contributed by atoms with E-state index in [-0.39, 0.29) is 0 Å². The molecule has 198 valence electrons. The zero-order valence-corrected chi connectivity index (χ0v) is 23.1. The van der Waals surface area contributed by atoms with Crippen molar-refractivity contribution in [2.75, 3.05) is 13.2 Å². The van der Waals surface area contributed by atoms with Crippen molar-refractivity contribution in [1.29, 1.82) is 0 Å². The van der Waals surface area contributed by atoms with Gasteiger partial charge in [0.2, 0.25) is 0 Å². The number of hydrogen-bond acceptors (Lipinski definition) is 2. The van der Waals surface area contributed by atoms with Gasteiger partial charge in [0.05, 0.1) is 13.2 Å². The molecule has 0 atom stereocenters. The maximum atomic E-state index is 6.04. The van der Waals surface area contributed by atoms with Crippen LogP contribution in [-0.4, -0.2) is 13.2 Å². The average Bonchev–Trinajstić information content (AvgIpc) is 2.95. The highest BCUT2D eigenvalue weighted by Crippen LogP contribution is 2.34. The maximum absolute atomic E-state index is 6.04. The van der Waals surface area contributed by atoms with Crippen LogP contribution < -0.4 is 9.47 Å². The average molecular weight is 491 g/mol. The zero-order chi connectivity index (χ0) is 25.0. The second kappa shape index (κ2) is 14.7. The van der Waals surface area contributed by atoms with Crippen LogP contribution in [-0.2, 0) is 0 Å². The van der Waals surface area contributed by atoms with E-state index >= 15 is 0 Å². The van der Waals surface area contributed by atoms with Crippen molar-refractivity contribution in [2.45, 2.75) is 104 Å². The number of ether oxygens (including phenoxy) is 2. The van der Waals surface area contributed by atoms with Crippen LogP contribution in [0.15, 0.2) is 48.5 Å². The standard InChI is InChI=1S/C34H50O2/c1-3-27-9-13-29(14-10-27)7-5-25-35-33-21-17-31(18-22-33)32-19-23-34(24-20-32)36-26-6-8-30-15-11-28(4-2)12-16-30/h17-24,27-30H,3-16,25-26H2,1-2H3. The molecule has 0 aliphatic heterocycles. The van der Waals surface area contributed by atoms with E-state index < -0.39 is 0 Å². The van der Waals surface area contributed by atoms with E-state index in [4.69, 9.17) is 9.47 Å². The van der Waals surface area contributed by atoms with E-state index in [2.05, 4.69) is 62.4 Å². The van der Waals surface area contributed by atoms with Crippen LogP contribution >= 0.6 is 0 Å². The van der Waals surface area contributed by atoms with Gasteiger partial charge in [-0.05, 0) is 84.7 Å². The van der Waals surface area contributed by atoms with Crippen molar-refractivity contribution in [3.05, 3.63) is 48.5 Å². The van der Waals surface area contributed by atoms with E-state index in [9.17, 15) is 0 Å². The third kappa shape index (κ3) is 8.56. The molecule has 0 spiro atoms. The highest BCUT2D eigenvalue weighted by Gasteiger charge is 2.20. The van der Waals surface area contributed by atoms with Gasteiger partial charge in [-0.2, -0.15) is 0 Å². The fourth-order valence-corrected chi connectivity index (χ4v) is 6.47. The van der Waals surface area contributed by atoms with Gasteiger partial charge in [-0.3, -0.25) is 0 Å². The van der Waals surface area contributed by atoms with Crippen molar-refractivity contribution < 1.29 is 9.47 Å². The predicted molar refractivity (Wildman–Crippen MR) is 153 cm³/mol. The summed E-state index contributed by atoms with van der Waals surface area (Å²) in [5, 5.41) is 0. The molecular formula is C34H50O2. The van der Waals surface area contributed by atoms with Gasteiger partial charge < -0.3 is 9.47 Å². The van der Waals surface area contributed by atoms with Crippen molar-refractivity contribution in [2.24, 2.45) is 23.7 Å². The SMILES string of the molecule is CCC1CCC(CCCOc2ccc(-c3ccc(OCCCC4CCC(CC)CC4)cc3)cc2)CC1. The van der Waals surface area contributed by atoms with Gasteiger partial charge >= 0.3 is 0 Å². The van der Waals surface area contributed by atoms with Crippen LogP contribution in [0.4, 0.5) is 0 Å². The van der Waals surface area contributed by atoms with Gasteiger partial charge in [-0.25, -0.2) is 0 Å². The summed E-state index contributed by atoms with van der Waals surface area (Å²) >= 11 is 0. The lowest BCUT2D eigenvalue weighted by atomic mass is 9.79. The fourth-order valence-electron chi connectivity index (χ4n) is 6.47. The second-order valence-electron chi connectivity index (χ2n) is 11.6. The van der Waals surface area contributed by atoms with Gasteiger partial charge in [-0.15, -0.1) is 0 Å². The van der Waals surface area contributed by atoms with Gasteiger partial charge in [0.1, 0.15) is 11.5 Å². The van der Waals surface area contributed by atoms with Crippen LogP contribution in [0.3, 0.4) is 0 Å². The molecule has 0 heterocycles. The van der Waals surface area contributed by atoms with Gasteiger partial charge in [0, 0.05) is 0 Å². The zero-order valence-electron chi connectivity index (χ0n) is 23.1. The molecule has 0 amide bonds. The minimum atomic E-state index is 0.832. The summed E-state index contributed by atoms with van der Waals surface area (Å²) in [6.07, 6.45) is 19.2. The van der Waals surface area contributed by atoms with Gasteiger partial charge in [0.15, 0.2) is 0 Å². The molecule has 36 heavy (non-hydrogen) atoms. The molecular weight excluding hydrogens is 440 g/mol. The van der Waals surface area contributed by atoms with E-state index in [0.717, 1.165) is 48.4 Å². The summed E-state index contributed by atoms with van der Waals surface area (Å²) in [5.74, 6) is 5.80. The topological polar surface area (TPSA) is 18.5 Å². The first-order valence-corrected chi connectivity index (χ1v) is 15.2. The van der Waals surface area contributed by atoms with E-state index in [1.54, 1.807) is 0 Å². The fraction of sp³-hybridized carbons (Fsp3) is 0.647. The lowest BCUT2D eigenvalue weighted by molar-refractivity contribution is 0.234. The molecule has 2 aliphatic carbocycles. The van der Waals surface area contributed by atoms with Crippen molar-refractivity contribution in [3.8, 4) is 22.6 Å². The summed E-state index contributed by atoms with van der Waals surface area (Å²) < 4.78 is 12.1. The first-order chi connectivity index (χ1) is 17.7. The Bertz CT molecular complexity index is 766. The number of benzene rings is 2. The summed E-state index contributed by atoms with van der Waals surface area (Å²) in [7, 11) is 0. The minimum Gasteiger partial charge on any atom is -0.494 e. The normalized spacial score (nSPS) is 24.4. The Labute approximate surface area is 221 Å². The molecule has 4 rings (SSSR count). The molecule has 2 aromatic rings. The number of rotatable bonds is 13. The van der Waals surface area contributed by atoms with Crippen molar-refractivity contribution in [1.82, 2.24) is 0 Å². The molecule has 2 heteroatoms. The molecule has 0 radical (unpaired) electrons. The highest BCUT2D eigenvalue weighted by molar-refractivity contribution is 5.64. The first-order valence-electron chi connectivity index (χ1n) is 15.2. The molecule has 0 saturated heterocycles. The molecule has 0 N–H and O–H groups in total. The van der Waals surface area contributed by atoms with Gasteiger partial charge in [0.25, 0.3) is 0 Å². The molecule has 0 unspecified atom stereocenters. The Morgan fingerprint density at radius 3 is 1.17 bits per heavy atom. The van der Waals surface area contributed by atoms with Gasteiger partial charge in [-0.1, -0.05) is 102 Å². The molecule has 2 aliphatic rings. The molecule has 2 nitrogen and oxygen atoms in total. The molecule has 0 bridgehead atoms. The quantitative estimate of drug-likeness (QED) is 0.260. The van der Waals surface area contributed by atoms with Crippen LogP contribution in [0, 0.1) is 23.7 Å². The lowest BCUT2D eigenvalue weighted by Crippen LogP contribution is -2.14. The van der Waals surface area contributed by atoms with E-state index in [1.165, 1.54) is 101 Å². The van der Waals surface area contributed by atoms with Crippen molar-refractivity contribution >= 4 is 0 Å². The summed E-state index contributed by atoms with van der Waals surface area (Å²) in [6, 6.07) is 17.1. The third-order valence-electron chi connectivity index (χ3n) is 9.18. The second-order valence-corrected chi connectivity index (χ2v) is 11.6. The first kappa shape index (κ1) is 27.1. The Balaban J connectivity index is 1.11. The minimum absolute atomic E-state index is 0.832. The molecule has 0 aromatic heterocycles. The monoisotopic (exact) mass is 490 g/mol. The smallest absolute Gasteiger partial charge is 0.119 e. The van der Waals surface area contributed by atoms with Crippen molar-refractivity contribution in [3.63, 3.8) is 0 Å². The Morgan fingerprint density at radius 1 is 0.500 bits per heavy atom. The van der Waals surface area contributed by atoms with Crippen LogP contribution in [0.1, 0.15) is 104 Å². The van der Waals surface area contributed by atoms with E-state index in [0.29, 0.717) is 0 Å².